The van der Waals surface area contributed by atoms with Crippen LogP contribution in [0.25, 0.3) is 0 Å². The summed E-state index contributed by atoms with van der Waals surface area (Å²) in [5, 5.41) is 11.1. The number of benzene rings is 2. The van der Waals surface area contributed by atoms with Crippen LogP contribution in [-0.4, -0.2) is 36.5 Å². The van der Waals surface area contributed by atoms with E-state index < -0.39 is 0 Å². The molecule has 0 aliphatic carbocycles. The Balaban J connectivity index is 1.46. The predicted molar refractivity (Wildman–Crippen MR) is 125 cm³/mol. The second-order valence-corrected chi connectivity index (χ2v) is 8.64. The lowest BCUT2D eigenvalue weighted by Crippen LogP contribution is -2.38. The van der Waals surface area contributed by atoms with Gasteiger partial charge in [0.1, 0.15) is 11.4 Å². The first-order valence-corrected chi connectivity index (χ1v) is 10.8. The van der Waals surface area contributed by atoms with E-state index in [1.165, 1.54) is 5.56 Å². The fourth-order valence-corrected chi connectivity index (χ4v) is 4.25. The Morgan fingerprint density at radius 2 is 1.91 bits per heavy atom. The quantitative estimate of drug-likeness (QED) is 0.584. The first-order valence-electron chi connectivity index (χ1n) is 10.8. The summed E-state index contributed by atoms with van der Waals surface area (Å²) in [7, 11) is 3.23. The molecule has 0 radical (unpaired) electrons. The lowest BCUT2D eigenvalue weighted by molar-refractivity contribution is 0.0954. The van der Waals surface area contributed by atoms with Gasteiger partial charge < -0.3 is 20.1 Å². The number of rotatable bonds is 7. The van der Waals surface area contributed by atoms with Crippen molar-refractivity contribution < 1.29 is 14.3 Å². The number of hydrogen-bond acceptors (Lipinski definition) is 5. The molecular weight excluding hydrogens is 404 g/mol. The molecule has 0 fully saturated rings. The highest BCUT2D eigenvalue weighted by molar-refractivity contribution is 5.99. The molecule has 1 unspecified atom stereocenters. The van der Waals surface area contributed by atoms with Gasteiger partial charge >= 0.3 is 0 Å². The Labute approximate surface area is 188 Å². The highest BCUT2D eigenvalue weighted by atomic mass is 16.5. The number of carbonyl (C=O) groups is 1. The molecule has 2 heterocycles. The van der Waals surface area contributed by atoms with Crippen molar-refractivity contribution in [3.8, 4) is 11.5 Å². The number of hydrogen-bond donors (Lipinski definition) is 2. The average Bonchev–Trinajstić information content (AvgIpc) is 3.24. The van der Waals surface area contributed by atoms with Crippen LogP contribution in [0.4, 0.5) is 5.82 Å². The lowest BCUT2D eigenvalue weighted by atomic mass is 9.89. The third-order valence-electron chi connectivity index (χ3n) is 5.95. The largest absolute Gasteiger partial charge is 0.493 e. The van der Waals surface area contributed by atoms with Crippen molar-refractivity contribution in [3.05, 3.63) is 71.4 Å². The molecule has 2 aromatic carbocycles. The fraction of sp³-hybridized carbons (Fsp3) is 0.360. The van der Waals surface area contributed by atoms with E-state index in [1.807, 2.05) is 41.1 Å². The molecule has 1 aromatic heterocycles. The maximum Gasteiger partial charge on any atom is 0.256 e. The maximum atomic E-state index is 13.0. The van der Waals surface area contributed by atoms with Crippen molar-refractivity contribution >= 4 is 11.7 Å². The lowest BCUT2D eigenvalue weighted by Gasteiger charge is -2.38. The van der Waals surface area contributed by atoms with Gasteiger partial charge in [0.05, 0.1) is 32.0 Å². The minimum absolute atomic E-state index is 0.119. The Kier molecular flexibility index (Phi) is 6.08. The number of nitrogens with one attached hydrogen (secondary N) is 2. The molecule has 0 spiro atoms. The van der Waals surface area contributed by atoms with Crippen LogP contribution in [0.3, 0.4) is 0 Å². The van der Waals surface area contributed by atoms with E-state index in [0.717, 1.165) is 17.8 Å². The van der Waals surface area contributed by atoms with Gasteiger partial charge in [-0.05, 0) is 49.9 Å². The van der Waals surface area contributed by atoms with Crippen LogP contribution < -0.4 is 20.1 Å². The number of methoxy groups -OCH3 is 2. The minimum atomic E-state index is -0.209. The Hall–Kier alpha value is -3.48. The van der Waals surface area contributed by atoms with Gasteiger partial charge in [-0.3, -0.25) is 4.79 Å². The van der Waals surface area contributed by atoms with E-state index in [2.05, 4.69) is 41.7 Å². The highest BCUT2D eigenvalue weighted by Crippen LogP contribution is 2.39. The Bertz CT molecular complexity index is 1090. The minimum Gasteiger partial charge on any atom is -0.493 e. The molecule has 2 N–H and O–H groups in total. The summed E-state index contributed by atoms with van der Waals surface area (Å²) in [5.41, 5.74) is 2.61. The molecule has 3 aromatic rings. The highest BCUT2D eigenvalue weighted by Gasteiger charge is 2.36. The number of ether oxygens (including phenoxy) is 2. The van der Waals surface area contributed by atoms with Gasteiger partial charge in [0, 0.05) is 6.54 Å². The summed E-state index contributed by atoms with van der Waals surface area (Å²) in [6.07, 6.45) is 3.22. The number of fused-ring (bicyclic) bond motifs is 1. The molecule has 1 aliphatic rings. The predicted octanol–water partition coefficient (Wildman–Crippen LogP) is 4.16. The normalized spacial score (nSPS) is 16.6. The summed E-state index contributed by atoms with van der Waals surface area (Å²) >= 11 is 0. The van der Waals surface area contributed by atoms with Crippen LogP contribution in [0.1, 0.15) is 47.8 Å². The van der Waals surface area contributed by atoms with E-state index in [1.54, 1.807) is 20.4 Å². The summed E-state index contributed by atoms with van der Waals surface area (Å²) in [4.78, 5) is 13.0. The van der Waals surface area contributed by atoms with Crippen LogP contribution >= 0.6 is 0 Å². The van der Waals surface area contributed by atoms with Crippen molar-refractivity contribution in [2.45, 2.75) is 38.3 Å². The third kappa shape index (κ3) is 4.28. The van der Waals surface area contributed by atoms with Crippen molar-refractivity contribution in [1.29, 1.82) is 0 Å². The topological polar surface area (TPSA) is 77.4 Å². The Morgan fingerprint density at radius 1 is 1.16 bits per heavy atom. The van der Waals surface area contributed by atoms with Gasteiger partial charge in [-0.15, -0.1) is 0 Å². The SMILES string of the molecule is COc1ccc(CCNC(=O)c2cnn3c2NC(c2ccccc2)CC3(C)C)cc1OC. The number of nitrogens with zero attached hydrogens (tertiary/aromatic N) is 2. The zero-order chi connectivity index (χ0) is 22.7. The van der Waals surface area contributed by atoms with Crippen LogP contribution in [-0.2, 0) is 12.0 Å². The maximum absolute atomic E-state index is 13.0. The number of carbonyl (C=O) groups excluding carboxylic acids is 1. The molecular formula is C25H30N4O3. The van der Waals surface area contributed by atoms with Crippen LogP contribution in [0.5, 0.6) is 11.5 Å². The first-order chi connectivity index (χ1) is 15.4. The average molecular weight is 435 g/mol. The van der Waals surface area contributed by atoms with Crippen molar-refractivity contribution in [2.75, 3.05) is 26.1 Å². The molecule has 0 saturated heterocycles. The van der Waals surface area contributed by atoms with Gasteiger partial charge in [0.15, 0.2) is 11.5 Å². The number of aromatic nitrogens is 2. The van der Waals surface area contributed by atoms with Crippen molar-refractivity contribution in [3.63, 3.8) is 0 Å². The van der Waals surface area contributed by atoms with Gasteiger partial charge in [-0.1, -0.05) is 36.4 Å². The summed E-state index contributed by atoms with van der Waals surface area (Å²) < 4.78 is 12.6. The zero-order valence-corrected chi connectivity index (χ0v) is 19.0. The van der Waals surface area contributed by atoms with Crippen LogP contribution in [0.2, 0.25) is 0 Å². The smallest absolute Gasteiger partial charge is 0.256 e. The monoisotopic (exact) mass is 434 g/mol. The van der Waals surface area contributed by atoms with Gasteiger partial charge in [0.25, 0.3) is 5.91 Å². The molecule has 1 amide bonds. The summed E-state index contributed by atoms with van der Waals surface area (Å²) in [6, 6.07) is 16.2. The van der Waals surface area contributed by atoms with E-state index in [0.29, 0.717) is 30.0 Å². The zero-order valence-electron chi connectivity index (χ0n) is 19.0. The molecule has 4 rings (SSSR count). The molecule has 168 valence electrons. The summed E-state index contributed by atoms with van der Waals surface area (Å²) in [6.45, 7) is 4.81. The van der Waals surface area contributed by atoms with E-state index >= 15 is 0 Å². The van der Waals surface area contributed by atoms with Gasteiger partial charge in [-0.25, -0.2) is 4.68 Å². The summed E-state index contributed by atoms with van der Waals surface area (Å²) in [5.74, 6) is 2.00. The second kappa shape index (κ2) is 8.94. The Morgan fingerprint density at radius 3 is 2.62 bits per heavy atom. The first kappa shape index (κ1) is 21.7. The van der Waals surface area contributed by atoms with Crippen molar-refractivity contribution in [1.82, 2.24) is 15.1 Å². The van der Waals surface area contributed by atoms with E-state index in [4.69, 9.17) is 9.47 Å². The van der Waals surface area contributed by atoms with E-state index in [9.17, 15) is 4.79 Å². The number of amides is 1. The van der Waals surface area contributed by atoms with Gasteiger partial charge in [-0.2, -0.15) is 5.10 Å². The molecule has 1 atom stereocenters. The van der Waals surface area contributed by atoms with Crippen LogP contribution in [0, 0.1) is 0 Å². The molecule has 7 nitrogen and oxygen atoms in total. The molecule has 0 saturated carbocycles. The standard InChI is InChI=1S/C25H30N4O3/c1-25(2)15-20(18-8-6-5-7-9-18)28-23-19(16-27-29(23)25)24(30)26-13-12-17-10-11-21(31-3)22(14-17)32-4/h5-11,14,16,20,28H,12-13,15H2,1-4H3,(H,26,30). The fourth-order valence-electron chi connectivity index (χ4n) is 4.25. The molecule has 1 aliphatic heterocycles. The van der Waals surface area contributed by atoms with E-state index in [-0.39, 0.29) is 17.5 Å². The molecule has 7 heteroatoms. The van der Waals surface area contributed by atoms with Crippen LogP contribution in [0.15, 0.2) is 54.7 Å². The van der Waals surface area contributed by atoms with Gasteiger partial charge in [0.2, 0.25) is 0 Å². The number of anilines is 1. The second-order valence-electron chi connectivity index (χ2n) is 8.64. The molecule has 0 bridgehead atoms. The third-order valence-corrected chi connectivity index (χ3v) is 5.95. The molecule has 32 heavy (non-hydrogen) atoms. The van der Waals surface area contributed by atoms with Crippen molar-refractivity contribution in [2.24, 2.45) is 0 Å².